The van der Waals surface area contributed by atoms with Crippen LogP contribution in [0.5, 0.6) is 5.75 Å². The van der Waals surface area contributed by atoms with E-state index >= 15 is 0 Å². The van der Waals surface area contributed by atoms with Gasteiger partial charge in [-0.3, -0.25) is 14.9 Å². The Morgan fingerprint density at radius 2 is 2.30 bits per heavy atom. The summed E-state index contributed by atoms with van der Waals surface area (Å²) < 4.78 is 5.08. The molecule has 7 heteroatoms. The van der Waals surface area contributed by atoms with Crippen molar-refractivity contribution in [2.75, 3.05) is 19.0 Å². The minimum absolute atomic E-state index is 0.0735. The fourth-order valence-corrected chi connectivity index (χ4v) is 2.19. The van der Waals surface area contributed by atoms with Gasteiger partial charge in [0, 0.05) is 6.07 Å². The average molecular weight is 279 g/mol. The van der Waals surface area contributed by atoms with E-state index in [9.17, 15) is 14.9 Å². The maximum atomic E-state index is 12.1. The van der Waals surface area contributed by atoms with Crippen molar-refractivity contribution in [3.05, 3.63) is 28.3 Å². The van der Waals surface area contributed by atoms with Gasteiger partial charge in [-0.05, 0) is 25.5 Å². The van der Waals surface area contributed by atoms with E-state index in [1.165, 1.54) is 25.3 Å². The van der Waals surface area contributed by atoms with Crippen LogP contribution in [-0.4, -0.2) is 30.5 Å². The Bertz CT molecular complexity index is 512. The largest absolute Gasteiger partial charge is 0.494 e. The Kier molecular flexibility index (Phi) is 4.52. The molecule has 0 spiro atoms. The van der Waals surface area contributed by atoms with Crippen molar-refractivity contribution in [2.45, 2.75) is 25.3 Å². The zero-order valence-corrected chi connectivity index (χ0v) is 11.2. The number of nitro groups is 1. The van der Waals surface area contributed by atoms with Gasteiger partial charge < -0.3 is 15.4 Å². The lowest BCUT2D eigenvalue weighted by atomic mass is 10.0. The molecule has 0 radical (unpaired) electrons. The summed E-state index contributed by atoms with van der Waals surface area (Å²) in [7, 11) is 1.41. The van der Waals surface area contributed by atoms with Crippen molar-refractivity contribution in [3.8, 4) is 5.75 Å². The van der Waals surface area contributed by atoms with Gasteiger partial charge in [0.2, 0.25) is 5.91 Å². The SMILES string of the molecule is COc1cc([N+](=O)[O-])ccc1NC(=O)C1CCCCN1. The smallest absolute Gasteiger partial charge is 0.273 e. The van der Waals surface area contributed by atoms with Gasteiger partial charge in [-0.2, -0.15) is 0 Å². The van der Waals surface area contributed by atoms with E-state index in [1.807, 2.05) is 0 Å². The number of nitrogens with zero attached hydrogens (tertiary/aromatic N) is 1. The van der Waals surface area contributed by atoms with E-state index in [2.05, 4.69) is 10.6 Å². The van der Waals surface area contributed by atoms with Crippen LogP contribution in [0.1, 0.15) is 19.3 Å². The highest BCUT2D eigenvalue weighted by Crippen LogP contribution is 2.29. The Labute approximate surface area is 116 Å². The standard InChI is InChI=1S/C13H17N3O4/c1-20-12-8-9(16(18)19)5-6-10(12)15-13(17)11-4-2-3-7-14-11/h5-6,8,11,14H,2-4,7H2,1H3,(H,15,17). The zero-order chi connectivity index (χ0) is 14.5. The Morgan fingerprint density at radius 3 is 2.90 bits per heavy atom. The number of nitrogens with one attached hydrogen (secondary N) is 2. The Balaban J connectivity index is 2.11. The van der Waals surface area contributed by atoms with Crippen molar-refractivity contribution in [1.29, 1.82) is 0 Å². The van der Waals surface area contributed by atoms with Crippen LogP contribution in [0.25, 0.3) is 0 Å². The predicted molar refractivity (Wildman–Crippen MR) is 73.9 cm³/mol. The molecule has 1 aromatic rings. The number of carbonyl (C=O) groups is 1. The summed E-state index contributed by atoms with van der Waals surface area (Å²) in [5.41, 5.74) is 0.367. The third-order valence-electron chi connectivity index (χ3n) is 3.28. The molecule has 0 saturated carbocycles. The lowest BCUT2D eigenvalue weighted by Crippen LogP contribution is -2.43. The fraction of sp³-hybridized carbons (Fsp3) is 0.462. The molecule has 1 saturated heterocycles. The molecule has 7 nitrogen and oxygen atoms in total. The summed E-state index contributed by atoms with van der Waals surface area (Å²) in [5, 5.41) is 16.6. The van der Waals surface area contributed by atoms with E-state index in [-0.39, 0.29) is 23.4 Å². The predicted octanol–water partition coefficient (Wildman–Crippen LogP) is 1.68. The Morgan fingerprint density at radius 1 is 1.50 bits per heavy atom. The molecular formula is C13H17N3O4. The van der Waals surface area contributed by atoms with Crippen LogP contribution >= 0.6 is 0 Å². The van der Waals surface area contributed by atoms with Crippen LogP contribution in [-0.2, 0) is 4.79 Å². The first-order valence-corrected chi connectivity index (χ1v) is 6.48. The normalized spacial score (nSPS) is 18.4. The number of hydrogen-bond acceptors (Lipinski definition) is 5. The molecule has 0 bridgehead atoms. The van der Waals surface area contributed by atoms with Crippen molar-refractivity contribution in [1.82, 2.24) is 5.32 Å². The topological polar surface area (TPSA) is 93.5 Å². The average Bonchev–Trinajstić information content (AvgIpc) is 2.48. The number of anilines is 1. The molecule has 1 heterocycles. The summed E-state index contributed by atoms with van der Waals surface area (Å²) >= 11 is 0. The number of rotatable bonds is 4. The van der Waals surface area contributed by atoms with Gasteiger partial charge in [-0.25, -0.2) is 0 Å². The molecule has 1 fully saturated rings. The molecule has 1 amide bonds. The summed E-state index contributed by atoms with van der Waals surface area (Å²) in [6.07, 6.45) is 2.88. The van der Waals surface area contributed by atoms with Gasteiger partial charge in [0.25, 0.3) is 5.69 Å². The zero-order valence-electron chi connectivity index (χ0n) is 11.2. The van der Waals surface area contributed by atoms with E-state index in [1.54, 1.807) is 0 Å². The number of carbonyl (C=O) groups excluding carboxylic acids is 1. The van der Waals surface area contributed by atoms with Crippen LogP contribution in [0.4, 0.5) is 11.4 Å². The highest BCUT2D eigenvalue weighted by Gasteiger charge is 2.22. The van der Waals surface area contributed by atoms with Gasteiger partial charge >= 0.3 is 0 Å². The second kappa shape index (κ2) is 6.33. The monoisotopic (exact) mass is 279 g/mol. The molecule has 1 aromatic carbocycles. The number of nitro benzene ring substituents is 1. The lowest BCUT2D eigenvalue weighted by molar-refractivity contribution is -0.384. The van der Waals surface area contributed by atoms with Crippen molar-refractivity contribution in [3.63, 3.8) is 0 Å². The summed E-state index contributed by atoms with van der Waals surface area (Å²) in [6, 6.07) is 3.90. The molecule has 1 unspecified atom stereocenters. The lowest BCUT2D eigenvalue weighted by Gasteiger charge is -2.22. The number of hydrogen-bond donors (Lipinski definition) is 2. The molecule has 1 atom stereocenters. The summed E-state index contributed by atoms with van der Waals surface area (Å²) in [5.74, 6) is 0.139. The van der Waals surface area contributed by atoms with Gasteiger partial charge in [0.15, 0.2) is 0 Å². The molecule has 1 aliphatic rings. The minimum atomic E-state index is -0.503. The third kappa shape index (κ3) is 3.24. The summed E-state index contributed by atoms with van der Waals surface area (Å²) in [4.78, 5) is 22.3. The molecule has 2 rings (SSSR count). The quantitative estimate of drug-likeness (QED) is 0.646. The van der Waals surface area contributed by atoms with Crippen molar-refractivity contribution < 1.29 is 14.5 Å². The van der Waals surface area contributed by atoms with Gasteiger partial charge in [-0.1, -0.05) is 6.42 Å². The van der Waals surface area contributed by atoms with Gasteiger partial charge in [0.1, 0.15) is 5.75 Å². The number of amides is 1. The second-order valence-corrected chi connectivity index (χ2v) is 4.63. The van der Waals surface area contributed by atoms with Gasteiger partial charge in [-0.15, -0.1) is 0 Å². The number of piperidine rings is 1. The molecule has 1 aliphatic heterocycles. The molecule has 2 N–H and O–H groups in total. The van der Waals surface area contributed by atoms with Crippen LogP contribution in [0.2, 0.25) is 0 Å². The van der Waals surface area contributed by atoms with Crippen LogP contribution < -0.4 is 15.4 Å². The highest BCUT2D eigenvalue weighted by molar-refractivity contribution is 5.96. The fourth-order valence-electron chi connectivity index (χ4n) is 2.19. The second-order valence-electron chi connectivity index (χ2n) is 4.63. The molecular weight excluding hydrogens is 262 g/mol. The maximum Gasteiger partial charge on any atom is 0.273 e. The van der Waals surface area contributed by atoms with E-state index < -0.39 is 4.92 Å². The number of benzene rings is 1. The molecule has 0 aliphatic carbocycles. The van der Waals surface area contributed by atoms with E-state index in [4.69, 9.17) is 4.74 Å². The number of ether oxygens (including phenoxy) is 1. The summed E-state index contributed by atoms with van der Waals surface area (Å²) in [6.45, 7) is 0.829. The Hall–Kier alpha value is -2.15. The van der Waals surface area contributed by atoms with Crippen molar-refractivity contribution in [2.24, 2.45) is 0 Å². The first-order valence-electron chi connectivity index (χ1n) is 6.48. The minimum Gasteiger partial charge on any atom is -0.494 e. The van der Waals surface area contributed by atoms with E-state index in [0.29, 0.717) is 5.69 Å². The number of non-ortho nitro benzene ring substituents is 1. The maximum absolute atomic E-state index is 12.1. The van der Waals surface area contributed by atoms with E-state index in [0.717, 1.165) is 25.8 Å². The van der Waals surface area contributed by atoms with Gasteiger partial charge in [0.05, 0.1) is 29.8 Å². The van der Waals surface area contributed by atoms with Crippen LogP contribution in [0, 0.1) is 10.1 Å². The highest BCUT2D eigenvalue weighted by atomic mass is 16.6. The molecule has 20 heavy (non-hydrogen) atoms. The van der Waals surface area contributed by atoms with Crippen LogP contribution in [0.15, 0.2) is 18.2 Å². The first-order chi connectivity index (χ1) is 9.61. The molecule has 0 aromatic heterocycles. The molecule has 108 valence electrons. The van der Waals surface area contributed by atoms with Crippen LogP contribution in [0.3, 0.4) is 0 Å². The number of methoxy groups -OCH3 is 1. The van der Waals surface area contributed by atoms with Crippen molar-refractivity contribution >= 4 is 17.3 Å². The third-order valence-corrected chi connectivity index (χ3v) is 3.28. The first kappa shape index (κ1) is 14.3.